The van der Waals surface area contributed by atoms with E-state index in [1.165, 1.54) is 25.0 Å². The first-order valence-electron chi connectivity index (χ1n) is 7.16. The molecular weight excluding hydrogens is 240 g/mol. The average molecular weight is 264 g/mol. The van der Waals surface area contributed by atoms with Gasteiger partial charge < -0.3 is 5.32 Å². The minimum absolute atomic E-state index is 0.408. The van der Waals surface area contributed by atoms with Crippen molar-refractivity contribution in [1.29, 1.82) is 0 Å². The molecule has 1 heterocycles. The third kappa shape index (κ3) is 1.70. The van der Waals surface area contributed by atoms with Crippen LogP contribution in [0.25, 0.3) is 0 Å². The molecule has 2 saturated carbocycles. The second-order valence-corrected chi connectivity index (χ2v) is 7.85. The highest BCUT2D eigenvalue weighted by Gasteiger charge is 2.59. The number of rotatable bonds is 3. The molecule has 2 bridgehead atoms. The second-order valence-electron chi connectivity index (χ2n) is 6.99. The Bertz CT molecular complexity index is 446. The highest BCUT2D eigenvalue weighted by Crippen LogP contribution is 2.63. The molecule has 0 aliphatic heterocycles. The Labute approximate surface area is 114 Å². The van der Waals surface area contributed by atoms with Crippen LogP contribution >= 0.6 is 11.3 Å². The zero-order chi connectivity index (χ0) is 13.0. The third-order valence-corrected chi connectivity index (χ3v) is 6.27. The van der Waals surface area contributed by atoms with E-state index in [0.717, 1.165) is 17.5 Å². The lowest BCUT2D eigenvalue weighted by molar-refractivity contribution is 0.155. The maximum absolute atomic E-state index is 4.68. The lowest BCUT2D eigenvalue weighted by Gasteiger charge is -2.43. The normalized spacial score (nSPS) is 37.1. The Kier molecular flexibility index (Phi) is 2.74. The summed E-state index contributed by atoms with van der Waals surface area (Å²) in [5, 5.41) is 7.07. The molecule has 1 N–H and O–H groups in total. The fourth-order valence-electron chi connectivity index (χ4n) is 4.32. The Morgan fingerprint density at radius 1 is 1.44 bits per heavy atom. The number of nitrogens with one attached hydrogen (secondary N) is 1. The summed E-state index contributed by atoms with van der Waals surface area (Å²) < 4.78 is 0. The van der Waals surface area contributed by atoms with Crippen molar-refractivity contribution in [2.45, 2.75) is 59.4 Å². The third-order valence-electron chi connectivity index (χ3n) is 5.45. The van der Waals surface area contributed by atoms with Crippen molar-refractivity contribution in [3.8, 4) is 0 Å². The van der Waals surface area contributed by atoms with E-state index in [-0.39, 0.29) is 0 Å². The average Bonchev–Trinajstić information content (AvgIpc) is 2.95. The van der Waals surface area contributed by atoms with Crippen LogP contribution < -0.4 is 5.32 Å². The smallest absolute Gasteiger partial charge is 0.183 e. The second kappa shape index (κ2) is 3.96. The van der Waals surface area contributed by atoms with E-state index >= 15 is 0 Å². The molecule has 3 atom stereocenters. The summed E-state index contributed by atoms with van der Waals surface area (Å²) in [6.45, 7) is 9.51. The van der Waals surface area contributed by atoms with E-state index in [1.807, 2.05) is 0 Å². The van der Waals surface area contributed by atoms with Crippen molar-refractivity contribution in [2.24, 2.45) is 16.7 Å². The molecule has 1 aromatic rings. The molecule has 2 aliphatic carbocycles. The van der Waals surface area contributed by atoms with Crippen molar-refractivity contribution < 1.29 is 0 Å². The summed E-state index contributed by atoms with van der Waals surface area (Å²) in [6.07, 6.45) is 5.22. The molecule has 2 fully saturated rings. The summed E-state index contributed by atoms with van der Waals surface area (Å²) in [5.74, 6) is 0.894. The minimum atomic E-state index is 0.408. The van der Waals surface area contributed by atoms with Gasteiger partial charge in [0.25, 0.3) is 0 Å². The topological polar surface area (TPSA) is 24.9 Å². The lowest BCUT2D eigenvalue weighted by atomic mass is 9.68. The summed E-state index contributed by atoms with van der Waals surface area (Å²) in [5.41, 5.74) is 2.10. The molecule has 0 saturated heterocycles. The van der Waals surface area contributed by atoms with Crippen molar-refractivity contribution >= 4 is 16.5 Å². The molecule has 2 nitrogen and oxygen atoms in total. The fourth-order valence-corrected chi connectivity index (χ4v) is 5.14. The number of hydrogen-bond acceptors (Lipinski definition) is 3. The number of fused-ring (bicyclic) bond motifs is 2. The Hall–Kier alpha value is -0.570. The Balaban J connectivity index is 1.83. The Morgan fingerprint density at radius 3 is 2.78 bits per heavy atom. The van der Waals surface area contributed by atoms with Gasteiger partial charge in [-0.2, -0.15) is 0 Å². The molecule has 2 aliphatic rings. The zero-order valence-electron chi connectivity index (χ0n) is 11.9. The molecule has 18 heavy (non-hydrogen) atoms. The summed E-state index contributed by atoms with van der Waals surface area (Å²) in [4.78, 5) is 4.68. The molecule has 3 heteroatoms. The standard InChI is InChI=1S/C15H24N2S/c1-5-11-9-18-13(16-11)17-12-14(2,3)10-6-7-15(12,4)8-10/h9-10,12H,5-8H2,1-4H3,(H,16,17). The van der Waals surface area contributed by atoms with E-state index in [9.17, 15) is 0 Å². The predicted octanol–water partition coefficient (Wildman–Crippen LogP) is 4.33. The van der Waals surface area contributed by atoms with E-state index in [2.05, 4.69) is 43.4 Å². The highest BCUT2D eigenvalue weighted by atomic mass is 32.1. The maximum Gasteiger partial charge on any atom is 0.183 e. The molecule has 1 aromatic heterocycles. The van der Waals surface area contributed by atoms with Gasteiger partial charge >= 0.3 is 0 Å². The lowest BCUT2D eigenvalue weighted by Crippen LogP contribution is -2.45. The Morgan fingerprint density at radius 2 is 2.22 bits per heavy atom. The van der Waals surface area contributed by atoms with Gasteiger partial charge in [-0.25, -0.2) is 4.98 Å². The fraction of sp³-hybridized carbons (Fsp3) is 0.800. The summed E-state index contributed by atoms with van der Waals surface area (Å²) in [7, 11) is 0. The van der Waals surface area contributed by atoms with E-state index in [4.69, 9.17) is 0 Å². The van der Waals surface area contributed by atoms with Gasteiger partial charge in [-0.1, -0.05) is 27.7 Å². The van der Waals surface area contributed by atoms with Crippen LogP contribution in [0.15, 0.2) is 5.38 Å². The van der Waals surface area contributed by atoms with Crippen LogP contribution in [-0.4, -0.2) is 11.0 Å². The van der Waals surface area contributed by atoms with Crippen LogP contribution in [0, 0.1) is 16.7 Å². The molecule has 100 valence electrons. The van der Waals surface area contributed by atoms with Crippen molar-refractivity contribution in [3.05, 3.63) is 11.1 Å². The van der Waals surface area contributed by atoms with Gasteiger partial charge in [0.1, 0.15) is 0 Å². The van der Waals surface area contributed by atoms with Crippen LogP contribution in [0.4, 0.5) is 5.13 Å². The van der Waals surface area contributed by atoms with E-state index < -0.39 is 0 Å². The quantitative estimate of drug-likeness (QED) is 0.879. The number of thiazole rings is 1. The van der Waals surface area contributed by atoms with Gasteiger partial charge in [0, 0.05) is 11.4 Å². The number of nitrogens with zero attached hydrogens (tertiary/aromatic N) is 1. The largest absolute Gasteiger partial charge is 0.358 e. The molecule has 0 amide bonds. The monoisotopic (exact) mass is 264 g/mol. The van der Waals surface area contributed by atoms with Gasteiger partial charge in [-0.3, -0.25) is 0 Å². The van der Waals surface area contributed by atoms with Crippen molar-refractivity contribution in [2.75, 3.05) is 5.32 Å². The zero-order valence-corrected chi connectivity index (χ0v) is 12.7. The van der Waals surface area contributed by atoms with Gasteiger partial charge in [0.15, 0.2) is 5.13 Å². The molecule has 0 radical (unpaired) electrons. The molecular formula is C15H24N2S. The number of aryl methyl sites for hydroxylation is 1. The van der Waals surface area contributed by atoms with E-state index in [0.29, 0.717) is 16.9 Å². The van der Waals surface area contributed by atoms with Gasteiger partial charge in [0.2, 0.25) is 0 Å². The molecule has 0 aromatic carbocycles. The van der Waals surface area contributed by atoms with Crippen LogP contribution in [0.1, 0.15) is 52.7 Å². The number of anilines is 1. The van der Waals surface area contributed by atoms with Gasteiger partial charge in [0.05, 0.1) is 5.69 Å². The number of hydrogen-bond donors (Lipinski definition) is 1. The molecule has 3 rings (SSSR count). The van der Waals surface area contributed by atoms with Gasteiger partial charge in [-0.15, -0.1) is 11.3 Å². The molecule has 0 spiro atoms. The first-order chi connectivity index (χ1) is 8.45. The molecule has 3 unspecified atom stereocenters. The highest BCUT2D eigenvalue weighted by molar-refractivity contribution is 7.13. The first-order valence-corrected chi connectivity index (χ1v) is 8.04. The first kappa shape index (κ1) is 12.5. The van der Waals surface area contributed by atoms with Crippen molar-refractivity contribution in [3.63, 3.8) is 0 Å². The minimum Gasteiger partial charge on any atom is -0.358 e. The van der Waals surface area contributed by atoms with Crippen molar-refractivity contribution in [1.82, 2.24) is 4.98 Å². The van der Waals surface area contributed by atoms with E-state index in [1.54, 1.807) is 11.3 Å². The maximum atomic E-state index is 4.68. The van der Waals surface area contributed by atoms with Crippen LogP contribution in [-0.2, 0) is 6.42 Å². The SMILES string of the molecule is CCc1csc(NC2C3(C)CCC(C3)C2(C)C)n1. The summed E-state index contributed by atoms with van der Waals surface area (Å²) >= 11 is 1.77. The van der Waals surface area contributed by atoms with Gasteiger partial charge in [-0.05, 0) is 42.4 Å². The summed E-state index contributed by atoms with van der Waals surface area (Å²) in [6, 6.07) is 0.583. The van der Waals surface area contributed by atoms with Crippen LogP contribution in [0.2, 0.25) is 0 Å². The van der Waals surface area contributed by atoms with Crippen LogP contribution in [0.5, 0.6) is 0 Å². The van der Waals surface area contributed by atoms with Crippen LogP contribution in [0.3, 0.4) is 0 Å². The number of aromatic nitrogens is 1. The predicted molar refractivity (Wildman–Crippen MR) is 78.1 cm³/mol.